The average Bonchev–Trinajstić information content (AvgIpc) is 2.86. The number of sulfone groups is 1. The summed E-state index contributed by atoms with van der Waals surface area (Å²) in [7, 11) is -3.42. The van der Waals surface area contributed by atoms with Crippen LogP contribution < -0.4 is 21.1 Å². The molecule has 0 aliphatic carbocycles. The van der Waals surface area contributed by atoms with Gasteiger partial charge in [0.05, 0.1) is 16.3 Å². The van der Waals surface area contributed by atoms with Crippen LogP contribution in [0.15, 0.2) is 71.6 Å². The van der Waals surface area contributed by atoms with Crippen LogP contribution in [0.5, 0.6) is 5.88 Å². The van der Waals surface area contributed by atoms with Crippen molar-refractivity contribution in [2.75, 3.05) is 23.9 Å². The number of carbonyl (C=O) groups excluding carboxylic acids is 1. The number of rotatable bonds is 11. The Kier molecular flexibility index (Phi) is 9.13. The molecule has 0 spiro atoms. The lowest BCUT2D eigenvalue weighted by atomic mass is 10.1. The number of anilines is 1. The van der Waals surface area contributed by atoms with Crippen molar-refractivity contribution in [3.05, 3.63) is 72.3 Å². The molecule has 8 nitrogen and oxygen atoms in total. The number of nitrogens with two attached hydrogens (primary N) is 1. The third-order valence-corrected chi connectivity index (χ3v) is 6.87. The SMILES string of the molecule is CC(Oc1nc(-c2ccccc2)ccc1NCC(N)CS)C(=O)NCc1ccccc1S(C)(=O)=O. The van der Waals surface area contributed by atoms with E-state index >= 15 is 0 Å². The van der Waals surface area contributed by atoms with E-state index in [-0.39, 0.29) is 23.4 Å². The van der Waals surface area contributed by atoms with Gasteiger partial charge >= 0.3 is 0 Å². The van der Waals surface area contributed by atoms with Crippen molar-refractivity contribution >= 4 is 34.1 Å². The van der Waals surface area contributed by atoms with Gasteiger partial charge in [-0.2, -0.15) is 12.6 Å². The topological polar surface area (TPSA) is 123 Å². The zero-order chi connectivity index (χ0) is 25.4. The lowest BCUT2D eigenvalue weighted by Gasteiger charge is -2.19. The smallest absolute Gasteiger partial charge is 0.261 e. The lowest BCUT2D eigenvalue weighted by molar-refractivity contribution is -0.127. The van der Waals surface area contributed by atoms with E-state index in [0.717, 1.165) is 11.8 Å². The molecule has 0 radical (unpaired) electrons. The molecule has 3 aromatic rings. The fourth-order valence-electron chi connectivity index (χ4n) is 3.30. The number of thiol groups is 1. The van der Waals surface area contributed by atoms with Crippen LogP contribution in [0.3, 0.4) is 0 Å². The number of carbonyl (C=O) groups is 1. The van der Waals surface area contributed by atoms with Crippen LogP contribution in [-0.4, -0.2) is 50.0 Å². The van der Waals surface area contributed by atoms with E-state index in [1.165, 1.54) is 6.07 Å². The Labute approximate surface area is 211 Å². The van der Waals surface area contributed by atoms with E-state index in [1.807, 2.05) is 42.5 Å². The second-order valence-electron chi connectivity index (χ2n) is 8.10. The first-order valence-electron chi connectivity index (χ1n) is 11.1. The van der Waals surface area contributed by atoms with E-state index in [9.17, 15) is 13.2 Å². The van der Waals surface area contributed by atoms with Crippen LogP contribution in [0.4, 0.5) is 5.69 Å². The van der Waals surface area contributed by atoms with Gasteiger partial charge in [0, 0.05) is 36.7 Å². The van der Waals surface area contributed by atoms with Crippen molar-refractivity contribution < 1.29 is 17.9 Å². The Morgan fingerprint density at radius 3 is 2.46 bits per heavy atom. The minimum absolute atomic E-state index is 0.0508. The van der Waals surface area contributed by atoms with Crippen LogP contribution in [0, 0.1) is 0 Å². The first-order valence-corrected chi connectivity index (χ1v) is 13.6. The zero-order valence-electron chi connectivity index (χ0n) is 19.6. The molecule has 1 aromatic heterocycles. The van der Waals surface area contributed by atoms with Gasteiger partial charge in [0.25, 0.3) is 5.91 Å². The highest BCUT2D eigenvalue weighted by molar-refractivity contribution is 7.90. The van der Waals surface area contributed by atoms with Crippen LogP contribution in [0.2, 0.25) is 0 Å². The van der Waals surface area contributed by atoms with Crippen molar-refractivity contribution in [2.24, 2.45) is 5.73 Å². The van der Waals surface area contributed by atoms with Crippen LogP contribution in [-0.2, 0) is 21.2 Å². The second kappa shape index (κ2) is 12.1. The Bertz CT molecular complexity index is 1250. The van der Waals surface area contributed by atoms with Crippen molar-refractivity contribution in [3.8, 4) is 17.1 Å². The summed E-state index contributed by atoms with van der Waals surface area (Å²) in [6.07, 6.45) is 0.247. The molecule has 2 atom stereocenters. The number of ether oxygens (including phenoxy) is 1. The Morgan fingerprint density at radius 2 is 1.77 bits per heavy atom. The molecular formula is C25H30N4O4S2. The number of nitrogens with one attached hydrogen (secondary N) is 2. The molecule has 3 rings (SSSR count). The standard InChI is InChI=1S/C25H30N4O4S2/c1-17(24(30)28-14-19-10-6-7-11-23(19)35(2,31)32)33-25-22(27-15-20(26)16-34)13-12-21(29-25)18-8-4-3-5-9-18/h3-13,17,20,27,34H,14-16,26H2,1-2H3,(H,28,30). The van der Waals surface area contributed by atoms with E-state index < -0.39 is 21.8 Å². The quantitative estimate of drug-likeness (QED) is 0.290. The van der Waals surface area contributed by atoms with Gasteiger partial charge in [-0.3, -0.25) is 4.79 Å². The molecule has 1 amide bonds. The van der Waals surface area contributed by atoms with Crippen LogP contribution >= 0.6 is 12.6 Å². The number of aromatic nitrogens is 1. The zero-order valence-corrected chi connectivity index (χ0v) is 21.4. The molecule has 0 aliphatic heterocycles. The summed E-state index contributed by atoms with van der Waals surface area (Å²) in [6.45, 7) is 2.11. The normalized spacial score (nSPS) is 13.0. The second-order valence-corrected chi connectivity index (χ2v) is 10.4. The summed E-state index contributed by atoms with van der Waals surface area (Å²) in [4.78, 5) is 17.6. The molecule has 35 heavy (non-hydrogen) atoms. The predicted octanol–water partition coefficient (Wildman–Crippen LogP) is 2.90. The molecule has 0 saturated heterocycles. The summed E-state index contributed by atoms with van der Waals surface area (Å²) in [5.74, 6) is 0.363. The maximum Gasteiger partial charge on any atom is 0.261 e. The maximum absolute atomic E-state index is 12.8. The van der Waals surface area contributed by atoms with Gasteiger partial charge in [-0.15, -0.1) is 0 Å². The van der Waals surface area contributed by atoms with Gasteiger partial charge in [0.1, 0.15) is 0 Å². The molecule has 2 unspecified atom stereocenters. The van der Waals surface area contributed by atoms with E-state index in [1.54, 1.807) is 25.1 Å². The molecule has 0 bridgehead atoms. The van der Waals surface area contributed by atoms with Gasteiger partial charge in [-0.1, -0.05) is 48.5 Å². The monoisotopic (exact) mass is 514 g/mol. The first kappa shape index (κ1) is 26.5. The molecule has 186 valence electrons. The highest BCUT2D eigenvalue weighted by atomic mass is 32.2. The van der Waals surface area contributed by atoms with Crippen LogP contribution in [0.1, 0.15) is 12.5 Å². The lowest BCUT2D eigenvalue weighted by Crippen LogP contribution is -2.36. The Morgan fingerprint density at radius 1 is 1.09 bits per heavy atom. The van der Waals surface area contributed by atoms with E-state index in [2.05, 4.69) is 28.2 Å². The summed E-state index contributed by atoms with van der Waals surface area (Å²) < 4.78 is 30.0. The molecule has 0 saturated carbocycles. The fourth-order valence-corrected chi connectivity index (χ4v) is 4.37. The van der Waals surface area contributed by atoms with Gasteiger partial charge < -0.3 is 21.1 Å². The minimum atomic E-state index is -3.42. The average molecular weight is 515 g/mol. The van der Waals surface area contributed by atoms with Crippen LogP contribution in [0.25, 0.3) is 11.3 Å². The Balaban J connectivity index is 1.77. The van der Waals surface area contributed by atoms with Crippen molar-refractivity contribution in [1.82, 2.24) is 10.3 Å². The van der Waals surface area contributed by atoms with Crippen molar-refractivity contribution in [2.45, 2.75) is 30.5 Å². The fraction of sp³-hybridized carbons (Fsp3) is 0.280. The first-order chi connectivity index (χ1) is 16.7. The number of benzene rings is 2. The molecule has 0 aliphatic rings. The van der Waals surface area contributed by atoms with E-state index in [0.29, 0.717) is 29.2 Å². The number of amides is 1. The maximum atomic E-state index is 12.8. The molecule has 1 heterocycles. The molecular weight excluding hydrogens is 484 g/mol. The van der Waals surface area contributed by atoms with Crippen molar-refractivity contribution in [3.63, 3.8) is 0 Å². The Hall–Kier alpha value is -3.08. The highest BCUT2D eigenvalue weighted by Gasteiger charge is 2.20. The molecule has 2 aromatic carbocycles. The predicted molar refractivity (Wildman–Crippen MR) is 141 cm³/mol. The number of hydrogen-bond donors (Lipinski definition) is 4. The van der Waals surface area contributed by atoms with E-state index in [4.69, 9.17) is 10.5 Å². The van der Waals surface area contributed by atoms with Crippen molar-refractivity contribution in [1.29, 1.82) is 0 Å². The molecule has 10 heteroatoms. The number of pyridine rings is 1. The largest absolute Gasteiger partial charge is 0.463 e. The highest BCUT2D eigenvalue weighted by Crippen LogP contribution is 2.28. The summed E-state index contributed by atoms with van der Waals surface area (Å²) in [5.41, 5.74) is 8.68. The van der Waals surface area contributed by atoms with Gasteiger partial charge in [-0.25, -0.2) is 13.4 Å². The third-order valence-electron chi connectivity index (χ3n) is 5.20. The summed E-state index contributed by atoms with van der Waals surface area (Å²) in [6, 6.07) is 19.7. The summed E-state index contributed by atoms with van der Waals surface area (Å²) >= 11 is 4.21. The summed E-state index contributed by atoms with van der Waals surface area (Å²) in [5, 5.41) is 5.96. The molecule has 0 fully saturated rings. The van der Waals surface area contributed by atoms with Gasteiger partial charge in [0.2, 0.25) is 5.88 Å². The molecule has 4 N–H and O–H groups in total. The van der Waals surface area contributed by atoms with Gasteiger partial charge in [-0.05, 0) is 30.7 Å². The number of hydrogen-bond acceptors (Lipinski definition) is 8. The van der Waals surface area contributed by atoms with Gasteiger partial charge in [0.15, 0.2) is 15.9 Å². The number of nitrogens with zero attached hydrogens (tertiary/aromatic N) is 1. The minimum Gasteiger partial charge on any atom is -0.463 e. The third kappa shape index (κ3) is 7.45.